The van der Waals surface area contributed by atoms with Gasteiger partial charge in [0.05, 0.1) is 6.04 Å². The van der Waals surface area contributed by atoms with Crippen molar-refractivity contribution in [3.8, 4) is 0 Å². The van der Waals surface area contributed by atoms with Gasteiger partial charge in [-0.15, -0.1) is 0 Å². The second-order valence-corrected chi connectivity index (χ2v) is 6.99. The Morgan fingerprint density at radius 2 is 1.47 bits per heavy atom. The lowest BCUT2D eigenvalue weighted by atomic mass is 10.2. The number of aliphatic carboxylic acids is 1. The van der Waals surface area contributed by atoms with E-state index < -0.39 is 30.7 Å². The van der Waals surface area contributed by atoms with Gasteiger partial charge in [0, 0.05) is 13.1 Å². The smallest absolute Gasteiger partial charge is 0.410 e. The van der Waals surface area contributed by atoms with Crippen LogP contribution in [0.25, 0.3) is 0 Å². The molecule has 8 heteroatoms. The maximum Gasteiger partial charge on any atom is 0.410 e. The topological polar surface area (TPSA) is 96.4 Å². The molecule has 1 aliphatic heterocycles. The molecule has 3 rings (SSSR count). The lowest BCUT2D eigenvalue weighted by molar-refractivity contribution is -0.138. The average molecular weight is 443 g/mol. The molecular formula is C24H30N2O6. The second-order valence-electron chi connectivity index (χ2n) is 6.99. The normalized spacial score (nSPS) is 14.7. The van der Waals surface area contributed by atoms with Crippen LogP contribution in [0.5, 0.6) is 0 Å². The van der Waals surface area contributed by atoms with Gasteiger partial charge in [-0.2, -0.15) is 0 Å². The molecule has 0 spiro atoms. The van der Waals surface area contributed by atoms with Gasteiger partial charge in [0.1, 0.15) is 19.8 Å². The number of carboxylic acid groups (broad SMARTS) is 1. The Morgan fingerprint density at radius 1 is 0.938 bits per heavy atom. The van der Waals surface area contributed by atoms with Crippen molar-refractivity contribution in [2.24, 2.45) is 0 Å². The zero-order chi connectivity index (χ0) is 23.3. The van der Waals surface area contributed by atoms with Gasteiger partial charge in [-0.3, -0.25) is 9.69 Å². The largest absolute Gasteiger partial charge is 0.480 e. The molecule has 0 aromatic heterocycles. The third-order valence-corrected chi connectivity index (χ3v) is 4.81. The molecule has 2 aromatic rings. The average Bonchev–Trinajstić information content (AvgIpc) is 3.32. The molecule has 1 N–H and O–H groups in total. The van der Waals surface area contributed by atoms with Gasteiger partial charge in [0.25, 0.3) is 0 Å². The van der Waals surface area contributed by atoms with Crippen LogP contribution in [0.3, 0.4) is 0 Å². The Bertz CT molecular complexity index is 859. The van der Waals surface area contributed by atoms with Gasteiger partial charge < -0.3 is 19.5 Å². The second kappa shape index (κ2) is 13.0. The van der Waals surface area contributed by atoms with Gasteiger partial charge in [0.2, 0.25) is 0 Å². The van der Waals surface area contributed by atoms with Crippen LogP contribution < -0.4 is 0 Å². The first kappa shape index (κ1) is 24.7. The van der Waals surface area contributed by atoms with Crippen LogP contribution in [0, 0.1) is 0 Å². The number of hydrogen-bond acceptors (Lipinski definition) is 5. The Labute approximate surface area is 188 Å². The van der Waals surface area contributed by atoms with E-state index in [1.165, 1.54) is 4.90 Å². The Kier molecular flexibility index (Phi) is 10.0. The zero-order valence-electron chi connectivity index (χ0n) is 18.5. The Balaban J connectivity index is 0.00000176. The van der Waals surface area contributed by atoms with E-state index in [1.54, 1.807) is 0 Å². The molecule has 172 valence electrons. The van der Waals surface area contributed by atoms with Crippen LogP contribution in [-0.2, 0) is 27.5 Å². The number of amides is 2. The van der Waals surface area contributed by atoms with Crippen molar-refractivity contribution < 1.29 is 29.0 Å². The lowest BCUT2D eigenvalue weighted by Crippen LogP contribution is -2.45. The van der Waals surface area contributed by atoms with Gasteiger partial charge in [-0.1, -0.05) is 74.5 Å². The lowest BCUT2D eigenvalue weighted by Gasteiger charge is -2.26. The number of nitrogens with zero attached hydrogens (tertiary/aromatic N) is 2. The molecule has 0 bridgehead atoms. The van der Waals surface area contributed by atoms with E-state index in [9.17, 15) is 19.5 Å². The van der Waals surface area contributed by atoms with E-state index in [0.717, 1.165) is 16.0 Å². The van der Waals surface area contributed by atoms with Crippen molar-refractivity contribution in [1.29, 1.82) is 0 Å². The van der Waals surface area contributed by atoms with Crippen LogP contribution in [-0.4, -0.2) is 58.7 Å². The summed E-state index contributed by atoms with van der Waals surface area (Å²) in [6, 6.07) is 18.0. The quantitative estimate of drug-likeness (QED) is 0.692. The molecule has 0 radical (unpaired) electrons. The fourth-order valence-electron chi connectivity index (χ4n) is 3.26. The molecule has 2 amide bonds. The van der Waals surface area contributed by atoms with E-state index in [4.69, 9.17) is 9.47 Å². The van der Waals surface area contributed by atoms with Crippen LogP contribution in [0.1, 0.15) is 31.4 Å². The van der Waals surface area contributed by atoms with Crippen molar-refractivity contribution in [1.82, 2.24) is 9.80 Å². The molecule has 32 heavy (non-hydrogen) atoms. The van der Waals surface area contributed by atoms with Gasteiger partial charge >= 0.3 is 18.2 Å². The van der Waals surface area contributed by atoms with Crippen LogP contribution in [0.15, 0.2) is 60.7 Å². The summed E-state index contributed by atoms with van der Waals surface area (Å²) in [5.41, 5.74) is 1.68. The predicted octanol–water partition coefficient (Wildman–Crippen LogP) is 4.15. The van der Waals surface area contributed by atoms with Crippen molar-refractivity contribution in [3.05, 3.63) is 71.8 Å². The van der Waals surface area contributed by atoms with Gasteiger partial charge in [-0.05, 0) is 17.5 Å². The minimum atomic E-state index is -1.14. The standard InChI is InChI=1S/C22H24N2O6.C2H6/c25-20(26)14-24(22(28)30-16-18-9-5-2-6-10-18)19-11-12-23(13-19)21(27)29-15-17-7-3-1-4-8-17;1-2/h1-10,19H,11-16H2,(H,25,26);1-2H3. The summed E-state index contributed by atoms with van der Waals surface area (Å²) in [5.74, 6) is -1.14. The van der Waals surface area contributed by atoms with E-state index in [0.29, 0.717) is 13.0 Å². The van der Waals surface area contributed by atoms with Crippen molar-refractivity contribution >= 4 is 18.2 Å². The fraction of sp³-hybridized carbons (Fsp3) is 0.375. The monoisotopic (exact) mass is 442 g/mol. The first-order chi connectivity index (χ1) is 15.5. The summed E-state index contributed by atoms with van der Waals surface area (Å²) in [5, 5.41) is 9.21. The van der Waals surface area contributed by atoms with Crippen molar-refractivity contribution in [3.63, 3.8) is 0 Å². The number of carboxylic acids is 1. The third-order valence-electron chi connectivity index (χ3n) is 4.81. The zero-order valence-corrected chi connectivity index (χ0v) is 18.5. The van der Waals surface area contributed by atoms with Crippen LogP contribution in [0.4, 0.5) is 9.59 Å². The molecule has 1 unspecified atom stereocenters. The first-order valence-electron chi connectivity index (χ1n) is 10.7. The summed E-state index contributed by atoms with van der Waals surface area (Å²) in [4.78, 5) is 38.8. The summed E-state index contributed by atoms with van der Waals surface area (Å²) < 4.78 is 10.6. The molecular weight excluding hydrogens is 412 g/mol. The Hall–Kier alpha value is -3.55. The predicted molar refractivity (Wildman–Crippen MR) is 119 cm³/mol. The third kappa shape index (κ3) is 7.61. The first-order valence-corrected chi connectivity index (χ1v) is 10.7. The van der Waals surface area contributed by atoms with Crippen LogP contribution in [0.2, 0.25) is 0 Å². The van der Waals surface area contributed by atoms with E-state index >= 15 is 0 Å². The summed E-state index contributed by atoms with van der Waals surface area (Å²) in [6.45, 7) is 4.27. The highest BCUT2D eigenvalue weighted by Gasteiger charge is 2.35. The fourth-order valence-corrected chi connectivity index (χ4v) is 3.26. The molecule has 1 saturated heterocycles. The van der Waals surface area contributed by atoms with Crippen LogP contribution >= 0.6 is 0 Å². The number of carbonyl (C=O) groups is 3. The van der Waals surface area contributed by atoms with Crippen molar-refractivity contribution in [2.45, 2.75) is 39.5 Å². The van der Waals surface area contributed by atoms with Crippen molar-refractivity contribution in [2.75, 3.05) is 19.6 Å². The molecule has 1 heterocycles. The number of hydrogen-bond donors (Lipinski definition) is 1. The maximum absolute atomic E-state index is 12.5. The summed E-state index contributed by atoms with van der Waals surface area (Å²) in [7, 11) is 0. The highest BCUT2D eigenvalue weighted by molar-refractivity contribution is 5.77. The van der Waals surface area contributed by atoms with E-state index in [2.05, 4.69) is 0 Å². The molecule has 1 aliphatic rings. The van der Waals surface area contributed by atoms with E-state index in [1.807, 2.05) is 74.5 Å². The summed E-state index contributed by atoms with van der Waals surface area (Å²) >= 11 is 0. The molecule has 1 fully saturated rings. The minimum Gasteiger partial charge on any atom is -0.480 e. The molecule has 2 aromatic carbocycles. The molecule has 0 aliphatic carbocycles. The van der Waals surface area contributed by atoms with Gasteiger partial charge in [0.15, 0.2) is 0 Å². The molecule has 8 nitrogen and oxygen atoms in total. The molecule has 1 atom stereocenters. The number of ether oxygens (including phenoxy) is 2. The highest BCUT2D eigenvalue weighted by atomic mass is 16.6. The number of rotatable bonds is 7. The SMILES string of the molecule is CC.O=C(O)CN(C(=O)OCc1ccccc1)C1CCN(C(=O)OCc2ccccc2)C1. The van der Waals surface area contributed by atoms with E-state index in [-0.39, 0.29) is 19.8 Å². The number of benzene rings is 2. The number of likely N-dealkylation sites (tertiary alicyclic amines) is 1. The summed E-state index contributed by atoms with van der Waals surface area (Å²) in [6.07, 6.45) is -0.756. The minimum absolute atomic E-state index is 0.0470. The molecule has 0 saturated carbocycles. The maximum atomic E-state index is 12.5. The highest BCUT2D eigenvalue weighted by Crippen LogP contribution is 2.18. The van der Waals surface area contributed by atoms with Gasteiger partial charge in [-0.25, -0.2) is 9.59 Å². The Morgan fingerprint density at radius 3 is 2.00 bits per heavy atom. The number of carbonyl (C=O) groups excluding carboxylic acids is 2.